The predicted molar refractivity (Wildman–Crippen MR) is 43.3 cm³/mol. The topological polar surface area (TPSA) is 21.6 Å². The normalized spacial score (nSPS) is 20.3. The molecule has 2 nitrogen and oxygen atoms in total. The van der Waals surface area contributed by atoms with Crippen molar-refractivity contribution in [2.75, 3.05) is 0 Å². The third-order valence-corrected chi connectivity index (χ3v) is 1.90. The van der Waals surface area contributed by atoms with Crippen molar-refractivity contribution in [2.45, 2.75) is 12.5 Å². The fraction of sp³-hybridized carbons (Fsp3) is 0.222. The Kier molecular flexibility index (Phi) is 1.96. The van der Waals surface area contributed by atoms with E-state index in [9.17, 15) is 8.78 Å². The molecule has 1 atom stereocenters. The van der Waals surface area contributed by atoms with Crippen molar-refractivity contribution < 1.29 is 13.6 Å². The van der Waals surface area contributed by atoms with Gasteiger partial charge in [0.05, 0.1) is 5.56 Å². The lowest BCUT2D eigenvalue weighted by molar-refractivity contribution is 0.0800. The van der Waals surface area contributed by atoms with Crippen LogP contribution in [-0.4, -0.2) is 6.21 Å². The molecule has 1 aromatic carbocycles. The van der Waals surface area contributed by atoms with E-state index >= 15 is 0 Å². The highest BCUT2D eigenvalue weighted by Gasteiger charge is 2.23. The minimum absolute atomic E-state index is 0.0417. The van der Waals surface area contributed by atoms with E-state index in [2.05, 4.69) is 5.16 Å². The van der Waals surface area contributed by atoms with Crippen molar-refractivity contribution in [1.82, 2.24) is 0 Å². The van der Waals surface area contributed by atoms with Gasteiger partial charge in [0.2, 0.25) is 0 Å². The summed E-state index contributed by atoms with van der Waals surface area (Å²) in [6.45, 7) is 0. The summed E-state index contributed by atoms with van der Waals surface area (Å²) in [5.41, 5.74) is -0.0417. The van der Waals surface area contributed by atoms with E-state index in [0.29, 0.717) is 6.42 Å². The minimum atomic E-state index is -0.610. The maximum Gasteiger partial charge on any atom is 0.163 e. The summed E-state index contributed by atoms with van der Waals surface area (Å²) in [5.74, 6) is -1.17. The van der Waals surface area contributed by atoms with Crippen molar-refractivity contribution in [3.63, 3.8) is 0 Å². The van der Waals surface area contributed by atoms with Crippen molar-refractivity contribution in [3.8, 4) is 0 Å². The standard InChI is InChI=1S/C9H7F2NO/c10-6-2-1-3-7(11)9(6)8-4-5-12-13-8/h1-3,5,8H,4H2/t8-/m0/s1. The Hall–Kier alpha value is -1.45. The van der Waals surface area contributed by atoms with E-state index in [-0.39, 0.29) is 5.56 Å². The largest absolute Gasteiger partial charge is 0.387 e. The number of nitrogens with zero attached hydrogens (tertiary/aromatic N) is 1. The first-order chi connectivity index (χ1) is 6.29. The Morgan fingerprint density at radius 1 is 1.31 bits per heavy atom. The summed E-state index contributed by atoms with van der Waals surface area (Å²) in [7, 11) is 0. The first-order valence-corrected chi connectivity index (χ1v) is 3.90. The van der Waals surface area contributed by atoms with Gasteiger partial charge in [-0.15, -0.1) is 0 Å². The average molecular weight is 183 g/mol. The Bertz CT molecular complexity index is 323. The zero-order chi connectivity index (χ0) is 9.26. The molecule has 0 radical (unpaired) electrons. The molecule has 2 rings (SSSR count). The van der Waals surface area contributed by atoms with Crippen LogP contribution in [0.25, 0.3) is 0 Å². The van der Waals surface area contributed by atoms with Gasteiger partial charge in [-0.1, -0.05) is 11.2 Å². The molecule has 0 amide bonds. The van der Waals surface area contributed by atoms with Gasteiger partial charge in [-0.2, -0.15) is 0 Å². The highest BCUT2D eigenvalue weighted by molar-refractivity contribution is 5.59. The summed E-state index contributed by atoms with van der Waals surface area (Å²) in [6, 6.07) is 3.74. The van der Waals surface area contributed by atoms with E-state index < -0.39 is 17.7 Å². The molecular weight excluding hydrogens is 176 g/mol. The fourth-order valence-corrected chi connectivity index (χ4v) is 1.29. The molecule has 0 bridgehead atoms. The summed E-state index contributed by atoms with van der Waals surface area (Å²) in [4.78, 5) is 4.79. The van der Waals surface area contributed by atoms with Gasteiger partial charge in [0.15, 0.2) is 6.10 Å². The molecule has 1 aromatic rings. The van der Waals surface area contributed by atoms with Gasteiger partial charge in [0, 0.05) is 12.6 Å². The molecule has 1 aliphatic rings. The number of oxime groups is 1. The highest BCUT2D eigenvalue weighted by Crippen LogP contribution is 2.28. The van der Waals surface area contributed by atoms with E-state index in [0.717, 1.165) is 0 Å². The van der Waals surface area contributed by atoms with Crippen LogP contribution in [0.15, 0.2) is 23.4 Å². The maximum absolute atomic E-state index is 13.1. The quantitative estimate of drug-likeness (QED) is 0.655. The molecule has 4 heteroatoms. The summed E-state index contributed by atoms with van der Waals surface area (Å²) in [5, 5.41) is 3.47. The molecule has 0 saturated heterocycles. The molecule has 0 aromatic heterocycles. The van der Waals surface area contributed by atoms with Crippen LogP contribution in [0.1, 0.15) is 18.1 Å². The summed E-state index contributed by atoms with van der Waals surface area (Å²) < 4.78 is 26.3. The van der Waals surface area contributed by atoms with Gasteiger partial charge in [-0.25, -0.2) is 8.78 Å². The second-order valence-corrected chi connectivity index (χ2v) is 2.75. The molecule has 0 saturated carbocycles. The Morgan fingerprint density at radius 3 is 2.54 bits per heavy atom. The van der Waals surface area contributed by atoms with Gasteiger partial charge in [0.1, 0.15) is 11.6 Å². The fourth-order valence-electron chi connectivity index (χ4n) is 1.29. The Balaban J connectivity index is 2.38. The minimum Gasteiger partial charge on any atom is -0.387 e. The molecular formula is C9H7F2NO. The monoisotopic (exact) mass is 183 g/mol. The lowest BCUT2D eigenvalue weighted by Gasteiger charge is -2.09. The summed E-state index contributed by atoms with van der Waals surface area (Å²) >= 11 is 0. The number of rotatable bonds is 1. The number of benzene rings is 1. The van der Waals surface area contributed by atoms with E-state index in [1.807, 2.05) is 0 Å². The van der Waals surface area contributed by atoms with Gasteiger partial charge in [-0.3, -0.25) is 0 Å². The van der Waals surface area contributed by atoms with Crippen LogP contribution < -0.4 is 0 Å². The van der Waals surface area contributed by atoms with Crippen LogP contribution in [0.2, 0.25) is 0 Å². The third kappa shape index (κ3) is 1.39. The zero-order valence-electron chi connectivity index (χ0n) is 6.71. The molecule has 13 heavy (non-hydrogen) atoms. The van der Waals surface area contributed by atoms with E-state index in [1.165, 1.54) is 24.4 Å². The van der Waals surface area contributed by atoms with E-state index in [4.69, 9.17) is 4.84 Å². The summed E-state index contributed by atoms with van der Waals surface area (Å²) in [6.07, 6.45) is 1.30. The zero-order valence-corrected chi connectivity index (χ0v) is 6.71. The van der Waals surface area contributed by atoms with Crippen LogP contribution in [0.5, 0.6) is 0 Å². The number of hydrogen-bond donors (Lipinski definition) is 0. The molecule has 0 spiro atoms. The molecule has 1 aliphatic heterocycles. The molecule has 0 unspecified atom stereocenters. The van der Waals surface area contributed by atoms with Crippen molar-refractivity contribution in [3.05, 3.63) is 35.4 Å². The smallest absolute Gasteiger partial charge is 0.163 e. The van der Waals surface area contributed by atoms with Gasteiger partial charge < -0.3 is 4.84 Å². The second kappa shape index (κ2) is 3.12. The lowest BCUT2D eigenvalue weighted by Crippen LogP contribution is -2.02. The first-order valence-electron chi connectivity index (χ1n) is 3.90. The van der Waals surface area contributed by atoms with Crippen LogP contribution >= 0.6 is 0 Å². The molecule has 0 fully saturated rings. The van der Waals surface area contributed by atoms with Crippen LogP contribution in [0.4, 0.5) is 8.78 Å². The van der Waals surface area contributed by atoms with Crippen LogP contribution in [0, 0.1) is 11.6 Å². The molecule has 0 N–H and O–H groups in total. The highest BCUT2D eigenvalue weighted by atomic mass is 19.1. The SMILES string of the molecule is Fc1cccc(F)c1[C@@H]1CC=NO1. The predicted octanol–water partition coefficient (Wildman–Crippen LogP) is 2.41. The van der Waals surface area contributed by atoms with Gasteiger partial charge in [-0.05, 0) is 12.1 Å². The van der Waals surface area contributed by atoms with Crippen molar-refractivity contribution in [1.29, 1.82) is 0 Å². The van der Waals surface area contributed by atoms with Crippen LogP contribution in [0.3, 0.4) is 0 Å². The molecule has 0 aliphatic carbocycles. The second-order valence-electron chi connectivity index (χ2n) is 2.75. The number of halogens is 2. The third-order valence-electron chi connectivity index (χ3n) is 1.90. The van der Waals surface area contributed by atoms with Crippen molar-refractivity contribution >= 4 is 6.21 Å². The van der Waals surface area contributed by atoms with E-state index in [1.54, 1.807) is 0 Å². The Morgan fingerprint density at radius 2 is 2.00 bits per heavy atom. The molecule has 68 valence electrons. The first kappa shape index (κ1) is 8.16. The van der Waals surface area contributed by atoms with Gasteiger partial charge in [0.25, 0.3) is 0 Å². The van der Waals surface area contributed by atoms with Gasteiger partial charge >= 0.3 is 0 Å². The molecule has 1 heterocycles. The number of hydrogen-bond acceptors (Lipinski definition) is 2. The van der Waals surface area contributed by atoms with Crippen LogP contribution in [-0.2, 0) is 4.84 Å². The average Bonchev–Trinajstić information content (AvgIpc) is 2.57. The maximum atomic E-state index is 13.1. The lowest BCUT2D eigenvalue weighted by atomic mass is 10.1. The Labute approximate surface area is 73.8 Å². The van der Waals surface area contributed by atoms with Crippen molar-refractivity contribution in [2.24, 2.45) is 5.16 Å².